The zero-order valence-corrected chi connectivity index (χ0v) is 18.5. The lowest BCUT2D eigenvalue weighted by Gasteiger charge is -2.14. The van der Waals surface area contributed by atoms with E-state index in [4.69, 9.17) is 16.3 Å². The Morgan fingerprint density at radius 2 is 1.81 bits per heavy atom. The number of nitro benzene ring substituents is 1. The van der Waals surface area contributed by atoms with Crippen molar-refractivity contribution in [2.75, 3.05) is 17.1 Å². The van der Waals surface area contributed by atoms with Crippen LogP contribution < -0.4 is 14.8 Å². The van der Waals surface area contributed by atoms with E-state index >= 15 is 0 Å². The average Bonchev–Trinajstić information content (AvgIpc) is 2.74. The van der Waals surface area contributed by atoms with Crippen molar-refractivity contribution >= 4 is 44.6 Å². The van der Waals surface area contributed by atoms with Gasteiger partial charge in [0.05, 0.1) is 22.7 Å². The first-order valence-electron chi connectivity index (χ1n) is 9.14. The summed E-state index contributed by atoms with van der Waals surface area (Å²) in [5.74, 6) is -0.496. The number of anilines is 2. The Morgan fingerprint density at radius 1 is 1.09 bits per heavy atom. The Morgan fingerprint density at radius 3 is 2.44 bits per heavy atom. The number of benzene rings is 3. The molecule has 0 aliphatic heterocycles. The fourth-order valence-corrected chi connectivity index (χ4v) is 4.43. The Labute approximate surface area is 189 Å². The van der Waals surface area contributed by atoms with Crippen LogP contribution in [0.4, 0.5) is 17.1 Å². The van der Waals surface area contributed by atoms with Gasteiger partial charge in [-0.2, -0.15) is 0 Å². The number of amides is 1. The second-order valence-corrected chi connectivity index (χ2v) is 8.72. The number of aryl methyl sites for hydroxylation is 1. The summed E-state index contributed by atoms with van der Waals surface area (Å²) in [6.45, 7) is 1.52. The molecule has 3 aromatic rings. The zero-order chi connectivity index (χ0) is 23.5. The molecule has 0 radical (unpaired) electrons. The normalized spacial score (nSPS) is 11.0. The van der Waals surface area contributed by atoms with E-state index in [1.165, 1.54) is 56.5 Å². The van der Waals surface area contributed by atoms with Crippen molar-refractivity contribution in [2.45, 2.75) is 11.8 Å². The second kappa shape index (κ2) is 9.25. The van der Waals surface area contributed by atoms with E-state index in [-0.39, 0.29) is 38.3 Å². The highest BCUT2D eigenvalue weighted by Crippen LogP contribution is 2.31. The molecule has 3 aromatic carbocycles. The Balaban J connectivity index is 1.91. The van der Waals surface area contributed by atoms with Crippen LogP contribution in [0.3, 0.4) is 0 Å². The second-order valence-electron chi connectivity index (χ2n) is 6.66. The van der Waals surface area contributed by atoms with Gasteiger partial charge >= 0.3 is 0 Å². The van der Waals surface area contributed by atoms with Crippen LogP contribution in [0.25, 0.3) is 0 Å². The van der Waals surface area contributed by atoms with Crippen LogP contribution in [0.2, 0.25) is 5.02 Å². The van der Waals surface area contributed by atoms with Crippen LogP contribution in [0.1, 0.15) is 15.9 Å². The quantitative estimate of drug-likeness (QED) is 0.379. The summed E-state index contributed by atoms with van der Waals surface area (Å²) in [5, 5.41) is 13.8. The standard InChI is InChI=1S/C21H18ClN3O6S/c1-13-11-14(7-9-18(13)25(27)28)21(26)23-15-8-10-19(31-2)20(12-15)32(29,30)24-17-6-4-3-5-16(17)22/h3-12,24H,1-2H3,(H,23,26). The molecule has 9 nitrogen and oxygen atoms in total. The van der Waals surface area contributed by atoms with Crippen molar-refractivity contribution in [3.63, 3.8) is 0 Å². The molecule has 0 spiro atoms. The van der Waals surface area contributed by atoms with Crippen LogP contribution in [-0.2, 0) is 10.0 Å². The molecule has 3 rings (SSSR count). The van der Waals surface area contributed by atoms with Crippen molar-refractivity contribution < 1.29 is 22.9 Å². The number of rotatable bonds is 7. The Kier molecular flexibility index (Phi) is 6.66. The van der Waals surface area contributed by atoms with Gasteiger partial charge in [0.25, 0.3) is 21.6 Å². The fraction of sp³-hybridized carbons (Fsp3) is 0.0952. The summed E-state index contributed by atoms with van der Waals surface area (Å²) < 4.78 is 33.5. The summed E-state index contributed by atoms with van der Waals surface area (Å²) >= 11 is 6.05. The largest absolute Gasteiger partial charge is 0.495 e. The molecule has 32 heavy (non-hydrogen) atoms. The number of nitrogens with one attached hydrogen (secondary N) is 2. The highest BCUT2D eigenvalue weighted by Gasteiger charge is 2.22. The number of carbonyl (C=O) groups is 1. The lowest BCUT2D eigenvalue weighted by Crippen LogP contribution is -2.16. The van der Waals surface area contributed by atoms with Crippen LogP contribution in [-0.4, -0.2) is 26.4 Å². The molecular weight excluding hydrogens is 458 g/mol. The molecule has 0 heterocycles. The predicted octanol–water partition coefficient (Wildman–Crippen LogP) is 4.62. The van der Waals surface area contributed by atoms with Crippen molar-refractivity contribution in [2.24, 2.45) is 0 Å². The number of nitrogens with zero attached hydrogens (tertiary/aromatic N) is 1. The molecule has 0 unspecified atom stereocenters. The number of ether oxygens (including phenoxy) is 1. The van der Waals surface area contributed by atoms with Gasteiger partial charge in [-0.25, -0.2) is 8.42 Å². The molecule has 0 aliphatic carbocycles. The molecule has 0 bridgehead atoms. The molecule has 0 aliphatic rings. The summed E-state index contributed by atoms with van der Waals surface area (Å²) in [7, 11) is -2.79. The number of para-hydroxylation sites is 1. The first-order chi connectivity index (χ1) is 15.1. The third-order valence-corrected chi connectivity index (χ3v) is 6.20. The number of nitro groups is 1. The van der Waals surface area contributed by atoms with Gasteiger partial charge in [0.1, 0.15) is 10.6 Å². The van der Waals surface area contributed by atoms with Gasteiger partial charge in [-0.1, -0.05) is 23.7 Å². The van der Waals surface area contributed by atoms with E-state index in [2.05, 4.69) is 10.0 Å². The van der Waals surface area contributed by atoms with Gasteiger partial charge in [-0.15, -0.1) is 0 Å². The van der Waals surface area contributed by atoms with Crippen LogP contribution in [0, 0.1) is 17.0 Å². The maximum atomic E-state index is 13.0. The van der Waals surface area contributed by atoms with E-state index < -0.39 is 20.9 Å². The van der Waals surface area contributed by atoms with Crippen molar-refractivity contribution in [3.05, 3.63) is 86.9 Å². The summed E-state index contributed by atoms with van der Waals surface area (Å²) in [6, 6.07) is 14.4. The Bertz CT molecular complexity index is 1310. The van der Waals surface area contributed by atoms with Gasteiger partial charge in [0.2, 0.25) is 0 Å². The number of hydrogen-bond acceptors (Lipinski definition) is 6. The molecule has 1 amide bonds. The third-order valence-electron chi connectivity index (χ3n) is 4.48. The van der Waals surface area contributed by atoms with Gasteiger partial charge in [-0.05, 0) is 49.4 Å². The smallest absolute Gasteiger partial charge is 0.272 e. The van der Waals surface area contributed by atoms with Crippen LogP contribution in [0.15, 0.2) is 65.6 Å². The first kappa shape index (κ1) is 23.0. The topological polar surface area (TPSA) is 128 Å². The van der Waals surface area contributed by atoms with E-state index in [0.717, 1.165) is 0 Å². The van der Waals surface area contributed by atoms with Gasteiger partial charge < -0.3 is 10.1 Å². The minimum absolute atomic E-state index is 0.0636. The molecule has 0 atom stereocenters. The molecule has 11 heteroatoms. The first-order valence-corrected chi connectivity index (χ1v) is 11.0. The van der Waals surface area contributed by atoms with Crippen molar-refractivity contribution in [3.8, 4) is 5.75 Å². The summed E-state index contributed by atoms with van der Waals surface area (Å²) in [4.78, 5) is 22.8. The van der Waals surface area contributed by atoms with Gasteiger partial charge in [-0.3, -0.25) is 19.6 Å². The molecule has 2 N–H and O–H groups in total. The number of halogens is 1. The van der Waals surface area contributed by atoms with E-state index in [1.807, 2.05) is 0 Å². The van der Waals surface area contributed by atoms with E-state index in [9.17, 15) is 23.3 Å². The lowest BCUT2D eigenvalue weighted by molar-refractivity contribution is -0.385. The highest BCUT2D eigenvalue weighted by molar-refractivity contribution is 7.92. The zero-order valence-electron chi connectivity index (χ0n) is 17.0. The molecule has 0 saturated heterocycles. The summed E-state index contributed by atoms with van der Waals surface area (Å²) in [6.07, 6.45) is 0. The monoisotopic (exact) mass is 475 g/mol. The molecular formula is C21H18ClN3O6S. The van der Waals surface area contributed by atoms with Gasteiger partial charge in [0.15, 0.2) is 0 Å². The average molecular weight is 476 g/mol. The maximum absolute atomic E-state index is 13.0. The molecule has 0 saturated carbocycles. The lowest BCUT2D eigenvalue weighted by atomic mass is 10.1. The van der Waals surface area contributed by atoms with E-state index in [0.29, 0.717) is 5.56 Å². The summed E-state index contributed by atoms with van der Waals surface area (Å²) in [5.41, 5.74) is 0.774. The molecule has 166 valence electrons. The number of sulfonamides is 1. The minimum Gasteiger partial charge on any atom is -0.495 e. The van der Waals surface area contributed by atoms with E-state index in [1.54, 1.807) is 18.2 Å². The van der Waals surface area contributed by atoms with Crippen molar-refractivity contribution in [1.29, 1.82) is 0 Å². The van der Waals surface area contributed by atoms with Crippen LogP contribution >= 0.6 is 11.6 Å². The fourth-order valence-electron chi connectivity index (χ4n) is 2.91. The number of methoxy groups -OCH3 is 1. The number of carbonyl (C=O) groups excluding carboxylic acids is 1. The third kappa shape index (κ3) is 4.98. The highest BCUT2D eigenvalue weighted by atomic mass is 35.5. The van der Waals surface area contributed by atoms with Gasteiger partial charge in [0, 0.05) is 22.9 Å². The Hall–Kier alpha value is -3.63. The maximum Gasteiger partial charge on any atom is 0.272 e. The molecule has 0 aromatic heterocycles. The molecule has 0 fully saturated rings. The SMILES string of the molecule is COc1ccc(NC(=O)c2ccc([N+](=O)[O-])c(C)c2)cc1S(=O)(=O)Nc1ccccc1Cl. The number of hydrogen-bond donors (Lipinski definition) is 2. The minimum atomic E-state index is -4.11. The van der Waals surface area contributed by atoms with Crippen LogP contribution in [0.5, 0.6) is 5.75 Å². The predicted molar refractivity (Wildman–Crippen MR) is 121 cm³/mol. The van der Waals surface area contributed by atoms with Crippen molar-refractivity contribution in [1.82, 2.24) is 0 Å².